The van der Waals surface area contributed by atoms with E-state index in [2.05, 4.69) is 5.32 Å². The van der Waals surface area contributed by atoms with Crippen molar-refractivity contribution in [1.29, 1.82) is 0 Å². The van der Waals surface area contributed by atoms with Crippen LogP contribution in [0.25, 0.3) is 0 Å². The predicted octanol–water partition coefficient (Wildman–Crippen LogP) is 1.32. The highest BCUT2D eigenvalue weighted by Gasteiger charge is 2.53. The lowest BCUT2D eigenvalue weighted by molar-refractivity contribution is -0.386. The lowest BCUT2D eigenvalue weighted by atomic mass is 9.91. The van der Waals surface area contributed by atoms with E-state index in [0.717, 1.165) is 6.92 Å². The van der Waals surface area contributed by atoms with Crippen LogP contribution in [0, 0.1) is 20.2 Å². The Labute approximate surface area is 225 Å². The van der Waals surface area contributed by atoms with E-state index in [1.54, 1.807) is 0 Å². The number of hydrogen-bond acceptors (Lipinski definition) is 12. The van der Waals surface area contributed by atoms with Gasteiger partial charge in [0.25, 0.3) is 11.4 Å². The van der Waals surface area contributed by atoms with E-state index in [-0.39, 0.29) is 35.5 Å². The highest BCUT2D eigenvalue weighted by atomic mass is 16.6. The maximum atomic E-state index is 12.8. The number of β-lactam (4-membered cyclic amide) rings is 1. The second-order valence-electron chi connectivity index (χ2n) is 8.39. The Morgan fingerprint density at radius 1 is 0.950 bits per heavy atom. The number of rotatable bonds is 12. The predicted molar refractivity (Wildman–Crippen MR) is 131 cm³/mol. The fourth-order valence-corrected chi connectivity index (χ4v) is 3.93. The standard InChI is InChI=1S/C24H24N4O12/c1-14(29)38-11-10-19-20(25-24(33)40-13-16-7-3-5-9-18(16)28(36)37)21(30)26(19)22(31)23(32)39-12-15-6-2-4-8-17(15)27(34)35/h2-9,19-20,22,31H,10-13H2,1H3,(H,25,33)/t19-,20-,22?/m0/s1. The Balaban J connectivity index is 1.65. The number of carbonyl (C=O) groups is 4. The molecule has 1 unspecified atom stereocenters. The molecule has 2 N–H and O–H groups in total. The van der Waals surface area contributed by atoms with Crippen molar-refractivity contribution < 1.29 is 48.3 Å². The third-order valence-electron chi connectivity index (χ3n) is 5.83. The van der Waals surface area contributed by atoms with Gasteiger partial charge in [-0.05, 0) is 12.1 Å². The third-order valence-corrected chi connectivity index (χ3v) is 5.83. The molecule has 212 valence electrons. The van der Waals surface area contributed by atoms with Gasteiger partial charge in [0.2, 0.25) is 12.1 Å². The van der Waals surface area contributed by atoms with Gasteiger partial charge in [0, 0.05) is 25.5 Å². The molecule has 3 atom stereocenters. The van der Waals surface area contributed by atoms with Crippen molar-refractivity contribution in [2.24, 2.45) is 0 Å². The molecule has 0 spiro atoms. The summed E-state index contributed by atoms with van der Waals surface area (Å²) in [6.45, 7) is -0.126. The quantitative estimate of drug-likeness (QED) is 0.123. The largest absolute Gasteiger partial charge is 0.466 e. The number of likely N-dealkylation sites (tertiary alicyclic amines) is 1. The van der Waals surface area contributed by atoms with Gasteiger partial charge >= 0.3 is 18.0 Å². The number of amides is 2. The Morgan fingerprint density at radius 2 is 1.48 bits per heavy atom. The molecule has 0 radical (unpaired) electrons. The number of ether oxygens (including phenoxy) is 3. The molecule has 40 heavy (non-hydrogen) atoms. The van der Waals surface area contributed by atoms with E-state index in [0.29, 0.717) is 4.90 Å². The summed E-state index contributed by atoms with van der Waals surface area (Å²) in [5.41, 5.74) is -0.432. The summed E-state index contributed by atoms with van der Waals surface area (Å²) < 4.78 is 14.8. The molecule has 1 aliphatic heterocycles. The Morgan fingerprint density at radius 3 is 2.00 bits per heavy atom. The molecular weight excluding hydrogens is 536 g/mol. The van der Waals surface area contributed by atoms with Gasteiger partial charge in [-0.1, -0.05) is 24.3 Å². The molecule has 16 heteroatoms. The lowest BCUT2D eigenvalue weighted by Gasteiger charge is -2.48. The Bertz CT molecular complexity index is 1320. The number of nitrogens with zero attached hydrogens (tertiary/aromatic N) is 3. The number of nitrogens with one attached hydrogen (secondary N) is 1. The number of nitro groups is 2. The van der Waals surface area contributed by atoms with Gasteiger partial charge in [-0.2, -0.15) is 0 Å². The van der Waals surface area contributed by atoms with Gasteiger partial charge in [0.1, 0.15) is 19.3 Å². The zero-order valence-electron chi connectivity index (χ0n) is 21.0. The van der Waals surface area contributed by atoms with Crippen molar-refractivity contribution in [1.82, 2.24) is 10.2 Å². The van der Waals surface area contributed by atoms with Gasteiger partial charge in [-0.3, -0.25) is 34.7 Å². The third kappa shape index (κ3) is 7.04. The molecule has 3 rings (SSSR count). The number of hydrogen-bond donors (Lipinski definition) is 2. The van der Waals surface area contributed by atoms with E-state index in [9.17, 15) is 44.5 Å². The van der Waals surface area contributed by atoms with Gasteiger partial charge in [-0.15, -0.1) is 0 Å². The highest BCUT2D eigenvalue weighted by Crippen LogP contribution is 2.27. The second kappa shape index (κ2) is 13.1. The van der Waals surface area contributed by atoms with Crippen molar-refractivity contribution in [3.8, 4) is 0 Å². The Kier molecular flexibility index (Phi) is 9.64. The molecule has 2 aromatic rings. The van der Waals surface area contributed by atoms with E-state index < -0.39 is 65.3 Å². The molecule has 0 bridgehead atoms. The van der Waals surface area contributed by atoms with Crippen LogP contribution in [0.5, 0.6) is 0 Å². The molecular formula is C24H24N4O12. The van der Waals surface area contributed by atoms with Crippen LogP contribution in [0.4, 0.5) is 16.2 Å². The minimum absolute atomic E-state index is 0.0512. The summed E-state index contributed by atoms with van der Waals surface area (Å²) in [4.78, 5) is 70.5. The average molecular weight is 560 g/mol. The number of nitro benzene ring substituents is 2. The summed E-state index contributed by atoms with van der Waals surface area (Å²) in [5, 5.41) is 35.1. The number of esters is 2. The zero-order chi connectivity index (χ0) is 29.4. The molecule has 2 aromatic carbocycles. The van der Waals surface area contributed by atoms with Crippen LogP contribution in [0.15, 0.2) is 48.5 Å². The summed E-state index contributed by atoms with van der Waals surface area (Å²) >= 11 is 0. The minimum Gasteiger partial charge on any atom is -0.466 e. The topological polar surface area (TPSA) is 218 Å². The number of para-hydroxylation sites is 2. The van der Waals surface area contributed by atoms with Gasteiger partial charge < -0.3 is 24.6 Å². The maximum Gasteiger partial charge on any atom is 0.408 e. The Hall–Kier alpha value is -5.12. The van der Waals surface area contributed by atoms with Crippen molar-refractivity contribution in [2.75, 3.05) is 6.61 Å². The summed E-state index contributed by atoms with van der Waals surface area (Å²) in [6.07, 6.45) is -3.35. The number of aliphatic hydroxyl groups excluding tert-OH is 1. The van der Waals surface area contributed by atoms with Crippen LogP contribution >= 0.6 is 0 Å². The fourth-order valence-electron chi connectivity index (χ4n) is 3.93. The SMILES string of the molecule is CC(=O)OCC[C@H]1[C@H](NC(=O)OCc2ccccc2[N+](=O)[O-])C(=O)N1C(O)C(=O)OCc1ccccc1[N+](=O)[O-]. The second-order valence-corrected chi connectivity index (χ2v) is 8.39. The minimum atomic E-state index is -2.14. The van der Waals surface area contributed by atoms with Gasteiger partial charge in [0.05, 0.1) is 33.6 Å². The number of benzene rings is 2. The first kappa shape index (κ1) is 29.4. The molecule has 0 aromatic heterocycles. The van der Waals surface area contributed by atoms with E-state index >= 15 is 0 Å². The first-order valence-electron chi connectivity index (χ1n) is 11.7. The first-order valence-corrected chi connectivity index (χ1v) is 11.7. The van der Waals surface area contributed by atoms with E-state index in [1.165, 1.54) is 48.5 Å². The van der Waals surface area contributed by atoms with Crippen LogP contribution in [-0.2, 0) is 41.8 Å². The van der Waals surface area contributed by atoms with Crippen LogP contribution in [-0.4, -0.2) is 68.7 Å². The molecule has 0 saturated carbocycles. The van der Waals surface area contributed by atoms with E-state index in [1.807, 2.05) is 0 Å². The smallest absolute Gasteiger partial charge is 0.408 e. The fraction of sp³-hybridized carbons (Fsp3) is 0.333. The van der Waals surface area contributed by atoms with Crippen LogP contribution in [0.1, 0.15) is 24.5 Å². The maximum absolute atomic E-state index is 12.8. The normalized spacial score (nSPS) is 16.8. The van der Waals surface area contributed by atoms with E-state index in [4.69, 9.17) is 14.2 Å². The van der Waals surface area contributed by atoms with Gasteiger partial charge in [0.15, 0.2) is 0 Å². The highest BCUT2D eigenvalue weighted by molar-refractivity contribution is 5.95. The van der Waals surface area contributed by atoms with Crippen LogP contribution in [0.3, 0.4) is 0 Å². The van der Waals surface area contributed by atoms with Crippen LogP contribution < -0.4 is 5.32 Å². The molecule has 1 aliphatic rings. The van der Waals surface area contributed by atoms with Crippen molar-refractivity contribution in [3.63, 3.8) is 0 Å². The monoisotopic (exact) mass is 560 g/mol. The number of carbonyl (C=O) groups excluding carboxylic acids is 4. The summed E-state index contributed by atoms with van der Waals surface area (Å²) in [7, 11) is 0. The lowest BCUT2D eigenvalue weighted by Crippen LogP contribution is -2.74. The molecule has 16 nitrogen and oxygen atoms in total. The molecule has 1 saturated heterocycles. The summed E-state index contributed by atoms with van der Waals surface area (Å²) in [5.74, 6) is -2.82. The molecule has 0 aliphatic carbocycles. The van der Waals surface area contributed by atoms with Crippen LogP contribution in [0.2, 0.25) is 0 Å². The van der Waals surface area contributed by atoms with Crippen molar-refractivity contribution >= 4 is 35.3 Å². The zero-order valence-corrected chi connectivity index (χ0v) is 21.0. The molecule has 1 fully saturated rings. The summed E-state index contributed by atoms with van der Waals surface area (Å²) in [6, 6.07) is 8.68. The first-order chi connectivity index (χ1) is 19.0. The molecule has 2 amide bonds. The average Bonchev–Trinajstić information content (AvgIpc) is 2.92. The van der Waals surface area contributed by atoms with Crippen molar-refractivity contribution in [3.05, 3.63) is 79.9 Å². The van der Waals surface area contributed by atoms with Gasteiger partial charge in [-0.25, -0.2) is 9.59 Å². The number of alkyl carbamates (subject to hydrolysis) is 1. The molecule has 1 heterocycles. The van der Waals surface area contributed by atoms with Crippen molar-refractivity contribution in [2.45, 2.75) is 44.9 Å². The number of aliphatic hydroxyl groups is 1.